The molecule has 3 rings (SSSR count). The first-order valence-corrected chi connectivity index (χ1v) is 8.15. The van der Waals surface area contributed by atoms with E-state index in [9.17, 15) is 5.26 Å². The topological polar surface area (TPSA) is 35.8 Å². The van der Waals surface area contributed by atoms with Gasteiger partial charge in [-0.1, -0.05) is 17.7 Å². The van der Waals surface area contributed by atoms with Crippen LogP contribution in [-0.2, 0) is 0 Å². The molecule has 0 amide bonds. The van der Waals surface area contributed by atoms with Crippen molar-refractivity contribution >= 4 is 23.4 Å². The molecule has 0 saturated heterocycles. The molecular formula is C15H17ClN2S. The number of hydrogen-bond donors (Lipinski definition) is 1. The van der Waals surface area contributed by atoms with Gasteiger partial charge in [-0.2, -0.15) is 5.26 Å². The summed E-state index contributed by atoms with van der Waals surface area (Å²) in [4.78, 5) is 1.14. The molecule has 0 heterocycles. The van der Waals surface area contributed by atoms with Crippen LogP contribution in [0.2, 0.25) is 5.02 Å². The molecule has 2 saturated carbocycles. The lowest BCUT2D eigenvalue weighted by molar-refractivity contribution is 0.401. The van der Waals surface area contributed by atoms with Crippen molar-refractivity contribution in [2.24, 2.45) is 5.92 Å². The van der Waals surface area contributed by atoms with E-state index >= 15 is 0 Å². The minimum Gasteiger partial charge on any atom is -0.296 e. The summed E-state index contributed by atoms with van der Waals surface area (Å²) in [5.41, 5.74) is -0.339. The molecular weight excluding hydrogens is 276 g/mol. The zero-order valence-corrected chi connectivity index (χ0v) is 12.3. The molecule has 0 aliphatic heterocycles. The highest BCUT2D eigenvalue weighted by Gasteiger charge is 2.48. The van der Waals surface area contributed by atoms with Crippen LogP contribution in [0.4, 0.5) is 0 Å². The normalized spacial score (nSPS) is 21.7. The van der Waals surface area contributed by atoms with Crippen LogP contribution in [0, 0.1) is 17.2 Å². The Hall–Kier alpha value is -0.690. The van der Waals surface area contributed by atoms with Gasteiger partial charge >= 0.3 is 0 Å². The molecule has 1 aromatic carbocycles. The van der Waals surface area contributed by atoms with Gasteiger partial charge in [0.05, 0.1) is 6.07 Å². The second-order valence-corrected chi connectivity index (χ2v) is 7.01. The largest absolute Gasteiger partial charge is 0.296 e. The van der Waals surface area contributed by atoms with E-state index in [1.807, 2.05) is 18.2 Å². The number of halogens is 1. The highest BCUT2D eigenvalue weighted by atomic mass is 35.5. The molecule has 1 N–H and O–H groups in total. The molecule has 0 aromatic heterocycles. The van der Waals surface area contributed by atoms with Gasteiger partial charge in [0.15, 0.2) is 0 Å². The van der Waals surface area contributed by atoms with Crippen molar-refractivity contribution in [3.63, 3.8) is 0 Å². The van der Waals surface area contributed by atoms with Crippen LogP contribution in [-0.4, -0.2) is 17.3 Å². The molecule has 2 aliphatic carbocycles. The first-order valence-electron chi connectivity index (χ1n) is 6.79. The Morgan fingerprint density at radius 3 is 2.74 bits per heavy atom. The fourth-order valence-corrected chi connectivity index (χ4v) is 3.77. The Labute approximate surface area is 123 Å². The summed E-state index contributed by atoms with van der Waals surface area (Å²) in [6, 6.07) is 11.0. The van der Waals surface area contributed by atoms with Crippen molar-refractivity contribution in [1.29, 1.82) is 5.26 Å². The SMILES string of the molecule is N#CC(CSc1cccc(Cl)c1)(NC1CC1)C1CC1. The highest BCUT2D eigenvalue weighted by Crippen LogP contribution is 2.43. The van der Waals surface area contributed by atoms with Crippen molar-refractivity contribution in [1.82, 2.24) is 5.32 Å². The zero-order chi connectivity index (χ0) is 13.3. The molecule has 100 valence electrons. The van der Waals surface area contributed by atoms with Gasteiger partial charge in [0.25, 0.3) is 0 Å². The standard InChI is InChI=1S/C15H17ClN2S/c16-12-2-1-3-14(8-12)19-10-15(9-17,11-4-5-11)18-13-6-7-13/h1-3,8,11,13,18H,4-7,10H2. The van der Waals surface area contributed by atoms with Crippen LogP contribution < -0.4 is 5.32 Å². The summed E-state index contributed by atoms with van der Waals surface area (Å²) in [5.74, 6) is 1.34. The van der Waals surface area contributed by atoms with Crippen LogP contribution in [0.15, 0.2) is 29.2 Å². The van der Waals surface area contributed by atoms with E-state index in [0.29, 0.717) is 12.0 Å². The molecule has 0 spiro atoms. The monoisotopic (exact) mass is 292 g/mol. The van der Waals surface area contributed by atoms with E-state index in [4.69, 9.17) is 11.6 Å². The maximum absolute atomic E-state index is 9.64. The lowest BCUT2D eigenvalue weighted by Gasteiger charge is -2.27. The summed E-state index contributed by atoms with van der Waals surface area (Å²) in [6.45, 7) is 0. The summed E-state index contributed by atoms with van der Waals surface area (Å²) < 4.78 is 0. The van der Waals surface area contributed by atoms with Gasteiger partial charge in [-0.25, -0.2) is 0 Å². The van der Waals surface area contributed by atoms with E-state index in [0.717, 1.165) is 15.7 Å². The van der Waals surface area contributed by atoms with Gasteiger partial charge in [-0.05, 0) is 49.8 Å². The number of nitriles is 1. The van der Waals surface area contributed by atoms with E-state index in [1.165, 1.54) is 25.7 Å². The number of thioether (sulfide) groups is 1. The highest BCUT2D eigenvalue weighted by molar-refractivity contribution is 7.99. The second kappa shape index (κ2) is 5.36. The number of nitrogens with zero attached hydrogens (tertiary/aromatic N) is 1. The minimum atomic E-state index is -0.339. The van der Waals surface area contributed by atoms with Crippen molar-refractivity contribution in [2.75, 3.05) is 5.75 Å². The molecule has 0 bridgehead atoms. The van der Waals surface area contributed by atoms with Gasteiger partial charge in [0.2, 0.25) is 0 Å². The number of hydrogen-bond acceptors (Lipinski definition) is 3. The molecule has 2 fully saturated rings. The summed E-state index contributed by atoms with van der Waals surface area (Å²) in [5, 5.41) is 14.0. The fourth-order valence-electron chi connectivity index (χ4n) is 2.36. The van der Waals surface area contributed by atoms with Crippen LogP contribution in [0.5, 0.6) is 0 Å². The Bertz CT molecular complexity index is 505. The average Bonchev–Trinajstić information content (AvgIpc) is 3.27. The molecule has 1 aromatic rings. The van der Waals surface area contributed by atoms with Gasteiger partial charge < -0.3 is 0 Å². The Balaban J connectivity index is 1.68. The van der Waals surface area contributed by atoms with Gasteiger partial charge in [0.1, 0.15) is 5.54 Å². The third kappa shape index (κ3) is 3.25. The summed E-state index contributed by atoms with van der Waals surface area (Å²) in [7, 11) is 0. The smallest absolute Gasteiger partial charge is 0.119 e. The van der Waals surface area contributed by atoms with Crippen LogP contribution in [0.25, 0.3) is 0 Å². The van der Waals surface area contributed by atoms with Crippen molar-refractivity contribution in [3.8, 4) is 6.07 Å². The average molecular weight is 293 g/mol. The first-order chi connectivity index (χ1) is 9.22. The van der Waals surface area contributed by atoms with Crippen molar-refractivity contribution in [2.45, 2.75) is 42.2 Å². The third-order valence-corrected chi connectivity index (χ3v) is 5.20. The van der Waals surface area contributed by atoms with Gasteiger partial charge in [-0.3, -0.25) is 5.32 Å². The number of rotatable bonds is 6. The Kier molecular flexibility index (Phi) is 3.75. The number of nitrogens with one attached hydrogen (secondary N) is 1. The maximum Gasteiger partial charge on any atom is 0.119 e. The molecule has 4 heteroatoms. The number of benzene rings is 1. The third-order valence-electron chi connectivity index (χ3n) is 3.78. The van der Waals surface area contributed by atoms with E-state index in [-0.39, 0.29) is 5.54 Å². The second-order valence-electron chi connectivity index (χ2n) is 5.52. The molecule has 1 unspecified atom stereocenters. The zero-order valence-electron chi connectivity index (χ0n) is 10.7. The van der Waals surface area contributed by atoms with Crippen molar-refractivity contribution in [3.05, 3.63) is 29.3 Å². The summed E-state index contributed by atoms with van der Waals surface area (Å²) >= 11 is 7.74. The van der Waals surface area contributed by atoms with Crippen molar-refractivity contribution < 1.29 is 0 Å². The van der Waals surface area contributed by atoms with Crippen LogP contribution in [0.1, 0.15) is 25.7 Å². The molecule has 2 aliphatic rings. The minimum absolute atomic E-state index is 0.339. The van der Waals surface area contributed by atoms with Crippen LogP contribution in [0.3, 0.4) is 0 Å². The molecule has 19 heavy (non-hydrogen) atoms. The molecule has 1 atom stereocenters. The predicted octanol–water partition coefficient (Wildman–Crippen LogP) is 3.86. The van der Waals surface area contributed by atoms with E-state index < -0.39 is 0 Å². The van der Waals surface area contributed by atoms with Gasteiger partial charge in [-0.15, -0.1) is 11.8 Å². The first kappa shape index (κ1) is 13.3. The Morgan fingerprint density at radius 2 is 2.16 bits per heavy atom. The quantitative estimate of drug-likeness (QED) is 0.809. The summed E-state index contributed by atoms with van der Waals surface area (Å²) in [6.07, 6.45) is 4.81. The lowest BCUT2D eigenvalue weighted by atomic mass is 9.97. The molecule has 2 nitrogen and oxygen atoms in total. The fraction of sp³-hybridized carbons (Fsp3) is 0.533. The van der Waals surface area contributed by atoms with Crippen LogP contribution >= 0.6 is 23.4 Å². The predicted molar refractivity (Wildman–Crippen MR) is 79.4 cm³/mol. The lowest BCUT2D eigenvalue weighted by Crippen LogP contribution is -2.49. The van der Waals surface area contributed by atoms with Gasteiger partial charge in [0, 0.05) is 21.7 Å². The van der Waals surface area contributed by atoms with E-state index in [2.05, 4.69) is 17.5 Å². The Morgan fingerprint density at radius 1 is 1.37 bits per heavy atom. The van der Waals surface area contributed by atoms with E-state index in [1.54, 1.807) is 11.8 Å². The molecule has 0 radical (unpaired) electrons. The maximum atomic E-state index is 9.64.